The molecule has 1 aromatic rings. The van der Waals surface area contributed by atoms with E-state index in [9.17, 15) is 0 Å². The van der Waals surface area contributed by atoms with E-state index in [1.165, 1.54) is 0 Å². The van der Waals surface area contributed by atoms with E-state index in [1.54, 1.807) is 0 Å². The van der Waals surface area contributed by atoms with Crippen LogP contribution in [0.2, 0.25) is 5.02 Å². The van der Waals surface area contributed by atoms with Crippen LogP contribution in [0.4, 0.5) is 0 Å². The molecule has 1 aliphatic rings. The van der Waals surface area contributed by atoms with Gasteiger partial charge in [0.15, 0.2) is 0 Å². The van der Waals surface area contributed by atoms with Crippen LogP contribution in [0.5, 0.6) is 0 Å². The van der Waals surface area contributed by atoms with Crippen LogP contribution in [0.15, 0.2) is 22.7 Å². The molecule has 3 heteroatoms. The first-order valence-corrected chi connectivity index (χ1v) is 5.22. The highest BCUT2D eigenvalue weighted by Crippen LogP contribution is 2.50. The summed E-state index contributed by atoms with van der Waals surface area (Å²) in [6.45, 7) is 0. The summed E-state index contributed by atoms with van der Waals surface area (Å²) in [6.07, 6.45) is 1.92. The predicted octanol–water partition coefficient (Wildman–Crippen LogP) is 3.66. The molecule has 0 aromatic heterocycles. The molecule has 1 saturated carbocycles. The monoisotopic (exact) mass is 255 g/mol. The van der Waals surface area contributed by atoms with Gasteiger partial charge in [0.1, 0.15) is 0 Å². The Hall–Kier alpha value is -0.520. The van der Waals surface area contributed by atoms with Gasteiger partial charge in [-0.3, -0.25) is 0 Å². The summed E-state index contributed by atoms with van der Waals surface area (Å²) in [4.78, 5) is 0. The van der Waals surface area contributed by atoms with Crippen molar-refractivity contribution in [1.82, 2.24) is 0 Å². The molecule has 66 valence electrons. The van der Waals surface area contributed by atoms with Gasteiger partial charge in [0.05, 0.1) is 11.5 Å². The summed E-state index contributed by atoms with van der Waals surface area (Å²) in [5.41, 5.74) is 0.836. The van der Waals surface area contributed by atoms with Gasteiger partial charge in [0, 0.05) is 9.50 Å². The minimum atomic E-state index is -0.233. The summed E-state index contributed by atoms with van der Waals surface area (Å²) in [7, 11) is 0. The lowest BCUT2D eigenvalue weighted by Crippen LogP contribution is -2.02. The number of halogens is 2. The average molecular weight is 257 g/mol. The third-order valence-electron chi connectivity index (χ3n) is 2.41. The van der Waals surface area contributed by atoms with Crippen molar-refractivity contribution in [3.63, 3.8) is 0 Å². The second-order valence-corrected chi connectivity index (χ2v) is 4.61. The molecule has 0 atom stereocenters. The standard InChI is InChI=1S/C10H7BrClN/c11-9-5-7(12)1-2-8(9)10(6-13)3-4-10/h1-2,5H,3-4H2. The summed E-state index contributed by atoms with van der Waals surface area (Å²) in [6, 6.07) is 7.96. The Balaban J connectivity index is 2.48. The number of nitrogens with zero attached hydrogens (tertiary/aromatic N) is 1. The largest absolute Gasteiger partial charge is 0.197 e. The molecule has 0 unspecified atom stereocenters. The molecule has 0 radical (unpaired) electrons. The Morgan fingerprint density at radius 3 is 2.62 bits per heavy atom. The zero-order chi connectivity index (χ0) is 9.47. The van der Waals surface area contributed by atoms with Gasteiger partial charge in [0.2, 0.25) is 0 Å². The molecule has 0 spiro atoms. The number of rotatable bonds is 1. The van der Waals surface area contributed by atoms with Gasteiger partial charge in [-0.15, -0.1) is 0 Å². The van der Waals surface area contributed by atoms with E-state index in [4.69, 9.17) is 16.9 Å². The molecule has 0 N–H and O–H groups in total. The van der Waals surface area contributed by atoms with Crippen molar-refractivity contribution in [2.24, 2.45) is 0 Å². The molecule has 0 amide bonds. The van der Waals surface area contributed by atoms with Gasteiger partial charge in [-0.1, -0.05) is 33.6 Å². The smallest absolute Gasteiger partial charge is 0.0834 e. The molecular weight excluding hydrogens is 249 g/mol. The van der Waals surface area contributed by atoms with Crippen LogP contribution in [-0.4, -0.2) is 0 Å². The highest BCUT2D eigenvalue weighted by Gasteiger charge is 2.45. The van der Waals surface area contributed by atoms with Gasteiger partial charge in [-0.25, -0.2) is 0 Å². The Labute approximate surface area is 90.4 Å². The maximum absolute atomic E-state index is 9.00. The van der Waals surface area contributed by atoms with Crippen LogP contribution in [0.1, 0.15) is 18.4 Å². The van der Waals surface area contributed by atoms with Crippen molar-refractivity contribution in [3.8, 4) is 6.07 Å². The molecular formula is C10H7BrClN. The molecule has 1 fully saturated rings. The van der Waals surface area contributed by atoms with E-state index in [1.807, 2.05) is 18.2 Å². The van der Waals surface area contributed by atoms with E-state index in [0.717, 1.165) is 22.9 Å². The van der Waals surface area contributed by atoms with Crippen LogP contribution < -0.4 is 0 Å². The van der Waals surface area contributed by atoms with E-state index in [-0.39, 0.29) is 5.41 Å². The molecule has 2 rings (SSSR count). The SMILES string of the molecule is N#CC1(c2ccc(Cl)cc2Br)CC1. The maximum Gasteiger partial charge on any atom is 0.0834 e. The second kappa shape index (κ2) is 3.01. The number of hydrogen-bond acceptors (Lipinski definition) is 1. The van der Waals surface area contributed by atoms with Crippen molar-refractivity contribution in [2.45, 2.75) is 18.3 Å². The lowest BCUT2D eigenvalue weighted by Gasteiger charge is -2.08. The fourth-order valence-corrected chi connectivity index (χ4v) is 2.51. The zero-order valence-corrected chi connectivity index (χ0v) is 9.19. The van der Waals surface area contributed by atoms with Gasteiger partial charge in [0.25, 0.3) is 0 Å². The van der Waals surface area contributed by atoms with Crippen molar-refractivity contribution < 1.29 is 0 Å². The third kappa shape index (κ3) is 1.47. The summed E-state index contributed by atoms with van der Waals surface area (Å²) >= 11 is 9.25. The van der Waals surface area contributed by atoms with Gasteiger partial charge in [-0.2, -0.15) is 5.26 Å². The number of benzene rings is 1. The molecule has 0 heterocycles. The summed E-state index contributed by atoms with van der Waals surface area (Å²) < 4.78 is 0.944. The first kappa shape index (κ1) is 9.05. The average Bonchev–Trinajstić information content (AvgIpc) is 2.85. The lowest BCUT2D eigenvalue weighted by molar-refractivity contribution is 0.901. The molecule has 1 nitrogen and oxygen atoms in total. The van der Waals surface area contributed by atoms with Gasteiger partial charge < -0.3 is 0 Å². The Morgan fingerprint density at radius 2 is 2.15 bits per heavy atom. The number of nitriles is 1. The van der Waals surface area contributed by atoms with Crippen LogP contribution in [0.3, 0.4) is 0 Å². The summed E-state index contributed by atoms with van der Waals surface area (Å²) in [5, 5.41) is 9.70. The highest BCUT2D eigenvalue weighted by atomic mass is 79.9. The topological polar surface area (TPSA) is 23.8 Å². The van der Waals surface area contributed by atoms with E-state index >= 15 is 0 Å². The van der Waals surface area contributed by atoms with Crippen LogP contribution >= 0.6 is 27.5 Å². The minimum absolute atomic E-state index is 0.233. The first-order valence-electron chi connectivity index (χ1n) is 4.05. The van der Waals surface area contributed by atoms with Crippen molar-refractivity contribution in [2.75, 3.05) is 0 Å². The first-order chi connectivity index (χ1) is 6.18. The molecule has 0 bridgehead atoms. The maximum atomic E-state index is 9.00. The van der Waals surface area contributed by atoms with Gasteiger partial charge >= 0.3 is 0 Å². The van der Waals surface area contributed by atoms with Crippen LogP contribution in [0.25, 0.3) is 0 Å². The highest BCUT2D eigenvalue weighted by molar-refractivity contribution is 9.10. The van der Waals surface area contributed by atoms with E-state index in [0.29, 0.717) is 5.02 Å². The molecule has 13 heavy (non-hydrogen) atoms. The third-order valence-corrected chi connectivity index (χ3v) is 3.30. The Kier molecular flexibility index (Phi) is 2.09. The lowest BCUT2D eigenvalue weighted by atomic mass is 9.98. The normalized spacial score (nSPS) is 17.9. The van der Waals surface area contributed by atoms with Crippen molar-refractivity contribution in [3.05, 3.63) is 33.3 Å². The van der Waals surface area contributed by atoms with Gasteiger partial charge in [-0.05, 0) is 30.5 Å². The molecule has 0 aliphatic heterocycles. The second-order valence-electron chi connectivity index (χ2n) is 3.32. The van der Waals surface area contributed by atoms with Crippen LogP contribution in [0, 0.1) is 11.3 Å². The number of hydrogen-bond donors (Lipinski definition) is 0. The van der Waals surface area contributed by atoms with E-state index < -0.39 is 0 Å². The fourth-order valence-electron chi connectivity index (χ4n) is 1.44. The molecule has 1 aromatic carbocycles. The van der Waals surface area contributed by atoms with E-state index in [2.05, 4.69) is 22.0 Å². The van der Waals surface area contributed by atoms with Crippen molar-refractivity contribution >= 4 is 27.5 Å². The fraction of sp³-hybridized carbons (Fsp3) is 0.300. The quantitative estimate of drug-likeness (QED) is 0.752. The van der Waals surface area contributed by atoms with Crippen molar-refractivity contribution in [1.29, 1.82) is 5.26 Å². The zero-order valence-electron chi connectivity index (χ0n) is 6.85. The predicted molar refractivity (Wildman–Crippen MR) is 55.7 cm³/mol. The minimum Gasteiger partial charge on any atom is -0.197 e. The molecule has 0 saturated heterocycles. The van der Waals surface area contributed by atoms with Crippen LogP contribution in [-0.2, 0) is 5.41 Å². The Morgan fingerprint density at radius 1 is 1.46 bits per heavy atom. The Bertz CT molecular complexity index is 390. The summed E-state index contributed by atoms with van der Waals surface area (Å²) in [5.74, 6) is 0. The molecule has 1 aliphatic carbocycles.